The predicted octanol–water partition coefficient (Wildman–Crippen LogP) is 2.55. The molecule has 0 spiro atoms. The third kappa shape index (κ3) is 5.49. The first-order valence-electron chi connectivity index (χ1n) is 6.86. The van der Waals surface area contributed by atoms with E-state index in [0.29, 0.717) is 6.42 Å². The van der Waals surface area contributed by atoms with Crippen molar-refractivity contribution in [3.8, 4) is 0 Å². The van der Waals surface area contributed by atoms with Crippen LogP contribution in [0, 0.1) is 0 Å². The molecule has 0 aliphatic carbocycles. The van der Waals surface area contributed by atoms with Crippen molar-refractivity contribution >= 4 is 24.0 Å². The molecule has 1 heterocycles. The highest BCUT2D eigenvalue weighted by atomic mass is 35.5. The van der Waals surface area contributed by atoms with E-state index in [2.05, 4.69) is 24.1 Å². The van der Waals surface area contributed by atoms with Crippen LogP contribution in [0.5, 0.6) is 0 Å². The number of halogens is 1. The van der Waals surface area contributed by atoms with Crippen molar-refractivity contribution < 1.29 is 9.53 Å². The molecule has 0 bridgehead atoms. The van der Waals surface area contributed by atoms with Gasteiger partial charge in [0.05, 0.1) is 12.2 Å². The summed E-state index contributed by atoms with van der Waals surface area (Å²) < 4.78 is 5.68. The van der Waals surface area contributed by atoms with Crippen LogP contribution in [0.4, 0.5) is 5.69 Å². The zero-order valence-electron chi connectivity index (χ0n) is 12.0. The molecule has 0 radical (unpaired) electrons. The lowest BCUT2D eigenvalue weighted by Crippen LogP contribution is -2.46. The second-order valence-electron chi connectivity index (χ2n) is 5.18. The van der Waals surface area contributed by atoms with Gasteiger partial charge < -0.3 is 10.1 Å². The van der Waals surface area contributed by atoms with E-state index >= 15 is 0 Å². The van der Waals surface area contributed by atoms with E-state index in [1.807, 2.05) is 30.3 Å². The van der Waals surface area contributed by atoms with Gasteiger partial charge in [-0.1, -0.05) is 18.2 Å². The van der Waals surface area contributed by atoms with E-state index in [-0.39, 0.29) is 30.5 Å². The highest BCUT2D eigenvalue weighted by Crippen LogP contribution is 2.11. The summed E-state index contributed by atoms with van der Waals surface area (Å²) >= 11 is 0. The number of hydrogen-bond donors (Lipinski definition) is 1. The number of para-hydroxylation sites is 1. The summed E-state index contributed by atoms with van der Waals surface area (Å²) in [5, 5.41) is 2.91. The summed E-state index contributed by atoms with van der Waals surface area (Å²) in [5.41, 5.74) is 0.858. The third-order valence-corrected chi connectivity index (χ3v) is 3.21. The van der Waals surface area contributed by atoms with Crippen LogP contribution in [0.1, 0.15) is 20.3 Å². The zero-order valence-corrected chi connectivity index (χ0v) is 12.9. The second-order valence-corrected chi connectivity index (χ2v) is 5.18. The Kier molecular flexibility index (Phi) is 6.99. The van der Waals surface area contributed by atoms with Gasteiger partial charge in [0.1, 0.15) is 0 Å². The van der Waals surface area contributed by atoms with E-state index in [0.717, 1.165) is 25.3 Å². The smallest absolute Gasteiger partial charge is 0.225 e. The van der Waals surface area contributed by atoms with Crippen molar-refractivity contribution in [2.24, 2.45) is 0 Å². The molecule has 1 saturated heterocycles. The molecule has 2 unspecified atom stereocenters. The molecule has 1 fully saturated rings. The van der Waals surface area contributed by atoms with Crippen LogP contribution >= 0.6 is 12.4 Å². The van der Waals surface area contributed by atoms with Gasteiger partial charge >= 0.3 is 0 Å². The molecule has 112 valence electrons. The van der Waals surface area contributed by atoms with Crippen LogP contribution in [0.15, 0.2) is 30.3 Å². The molecule has 1 aromatic rings. The number of anilines is 1. The molecule has 2 rings (SSSR count). The van der Waals surface area contributed by atoms with Crippen LogP contribution in [-0.2, 0) is 9.53 Å². The summed E-state index contributed by atoms with van der Waals surface area (Å²) in [4.78, 5) is 14.1. The van der Waals surface area contributed by atoms with Crippen molar-refractivity contribution in [2.75, 3.05) is 25.0 Å². The van der Waals surface area contributed by atoms with Gasteiger partial charge in [0.2, 0.25) is 5.91 Å². The first kappa shape index (κ1) is 17.0. The highest BCUT2D eigenvalue weighted by molar-refractivity contribution is 5.90. The average Bonchev–Trinajstić information content (AvgIpc) is 2.36. The average molecular weight is 299 g/mol. The van der Waals surface area contributed by atoms with E-state index in [9.17, 15) is 4.79 Å². The fourth-order valence-corrected chi connectivity index (χ4v) is 2.47. The number of nitrogens with one attached hydrogen (secondary N) is 1. The van der Waals surface area contributed by atoms with Gasteiger partial charge in [-0.25, -0.2) is 0 Å². The second kappa shape index (κ2) is 8.25. The van der Waals surface area contributed by atoms with Gasteiger partial charge in [0.25, 0.3) is 0 Å². The number of carbonyl (C=O) groups is 1. The summed E-state index contributed by atoms with van der Waals surface area (Å²) in [7, 11) is 0. The monoisotopic (exact) mass is 298 g/mol. The van der Waals surface area contributed by atoms with Crippen molar-refractivity contribution in [2.45, 2.75) is 32.5 Å². The molecule has 0 aromatic heterocycles. The van der Waals surface area contributed by atoms with Crippen LogP contribution in [-0.4, -0.2) is 42.6 Å². The summed E-state index contributed by atoms with van der Waals surface area (Å²) in [6.07, 6.45) is 1.02. The minimum absolute atomic E-state index is 0. The number of rotatable bonds is 4. The third-order valence-electron chi connectivity index (χ3n) is 3.21. The van der Waals surface area contributed by atoms with Gasteiger partial charge in [0, 0.05) is 31.7 Å². The van der Waals surface area contributed by atoms with E-state index in [1.54, 1.807) is 0 Å². The number of carbonyl (C=O) groups excluding carboxylic acids is 1. The Morgan fingerprint density at radius 3 is 2.45 bits per heavy atom. The maximum atomic E-state index is 11.8. The van der Waals surface area contributed by atoms with E-state index in [4.69, 9.17) is 4.74 Å². The Balaban J connectivity index is 0.00000200. The number of ether oxygens (including phenoxy) is 1. The Morgan fingerprint density at radius 1 is 1.25 bits per heavy atom. The first-order valence-corrected chi connectivity index (χ1v) is 6.86. The lowest BCUT2D eigenvalue weighted by atomic mass is 10.2. The number of benzene rings is 1. The Hall–Kier alpha value is -1.10. The molecule has 0 saturated carbocycles. The molecular formula is C15H23ClN2O2. The molecule has 1 aliphatic rings. The zero-order chi connectivity index (χ0) is 13.7. The maximum Gasteiger partial charge on any atom is 0.225 e. The van der Waals surface area contributed by atoms with E-state index in [1.165, 1.54) is 0 Å². The Bertz CT molecular complexity index is 404. The van der Waals surface area contributed by atoms with Gasteiger partial charge in [-0.2, -0.15) is 0 Å². The van der Waals surface area contributed by atoms with Crippen LogP contribution in [0.2, 0.25) is 0 Å². The summed E-state index contributed by atoms with van der Waals surface area (Å²) in [6.45, 7) is 6.75. The van der Waals surface area contributed by atoms with Crippen LogP contribution in [0.25, 0.3) is 0 Å². The molecule has 1 aromatic carbocycles. The standard InChI is InChI=1S/C15H22N2O2.ClH/c1-12-10-17(11-13(2)19-12)9-8-15(18)16-14-6-4-3-5-7-14;/h3-7,12-13H,8-11H2,1-2H3,(H,16,18);1H. The molecule has 20 heavy (non-hydrogen) atoms. The van der Waals surface area contributed by atoms with Crippen molar-refractivity contribution in [1.29, 1.82) is 0 Å². The highest BCUT2D eigenvalue weighted by Gasteiger charge is 2.22. The first-order chi connectivity index (χ1) is 9.13. The number of nitrogens with zero attached hydrogens (tertiary/aromatic N) is 1. The van der Waals surface area contributed by atoms with Crippen molar-refractivity contribution in [3.05, 3.63) is 30.3 Å². The fourth-order valence-electron chi connectivity index (χ4n) is 2.47. The van der Waals surface area contributed by atoms with Crippen LogP contribution in [0.3, 0.4) is 0 Å². The number of amides is 1. The molecule has 2 atom stereocenters. The van der Waals surface area contributed by atoms with Gasteiger partial charge in [-0.05, 0) is 26.0 Å². The molecule has 1 amide bonds. The van der Waals surface area contributed by atoms with Crippen LogP contribution < -0.4 is 5.32 Å². The summed E-state index contributed by atoms with van der Waals surface area (Å²) in [6, 6.07) is 9.57. The predicted molar refractivity (Wildman–Crippen MR) is 83.4 cm³/mol. The Labute approximate surface area is 126 Å². The lowest BCUT2D eigenvalue weighted by molar-refractivity contribution is -0.117. The van der Waals surface area contributed by atoms with Crippen molar-refractivity contribution in [3.63, 3.8) is 0 Å². The molecular weight excluding hydrogens is 276 g/mol. The number of hydrogen-bond acceptors (Lipinski definition) is 3. The molecule has 1 aliphatic heterocycles. The quantitative estimate of drug-likeness (QED) is 0.929. The van der Waals surface area contributed by atoms with Gasteiger partial charge in [-0.3, -0.25) is 9.69 Å². The van der Waals surface area contributed by atoms with E-state index < -0.39 is 0 Å². The topological polar surface area (TPSA) is 41.6 Å². The molecule has 4 nitrogen and oxygen atoms in total. The van der Waals surface area contributed by atoms with Crippen molar-refractivity contribution in [1.82, 2.24) is 4.90 Å². The minimum Gasteiger partial charge on any atom is -0.373 e. The Morgan fingerprint density at radius 2 is 1.85 bits per heavy atom. The molecule has 5 heteroatoms. The molecule has 1 N–H and O–H groups in total. The lowest BCUT2D eigenvalue weighted by Gasteiger charge is -2.35. The minimum atomic E-state index is 0. The van der Waals surface area contributed by atoms with Gasteiger partial charge in [-0.15, -0.1) is 12.4 Å². The van der Waals surface area contributed by atoms with Gasteiger partial charge in [0.15, 0.2) is 0 Å². The maximum absolute atomic E-state index is 11.8. The summed E-state index contributed by atoms with van der Waals surface area (Å²) in [5.74, 6) is 0.0676. The largest absolute Gasteiger partial charge is 0.373 e. The normalized spacial score (nSPS) is 22.9. The fraction of sp³-hybridized carbons (Fsp3) is 0.533. The SMILES string of the molecule is CC1CN(CCC(=O)Nc2ccccc2)CC(C)O1.Cl. The number of morpholine rings is 1.